The van der Waals surface area contributed by atoms with E-state index in [1.54, 1.807) is 12.4 Å². The Hall–Kier alpha value is -1.86. The van der Waals surface area contributed by atoms with Gasteiger partial charge in [0.25, 0.3) is 5.91 Å². The topological polar surface area (TPSA) is 58.1 Å². The molecule has 1 N–H and O–H groups in total. The zero-order valence-electron chi connectivity index (χ0n) is 12.5. The van der Waals surface area contributed by atoms with Crippen LogP contribution in [0.25, 0.3) is 10.6 Å². The van der Waals surface area contributed by atoms with Gasteiger partial charge in [0.05, 0.1) is 12.4 Å². The maximum absolute atomic E-state index is 13.2. The van der Waals surface area contributed by atoms with E-state index in [1.807, 2.05) is 0 Å². The molecule has 0 radical (unpaired) electrons. The molecule has 1 amide bonds. The summed E-state index contributed by atoms with van der Waals surface area (Å²) < 4.78 is 13.2. The SMILES string of the molecule is O=C(NC1CN2CCC1CC2)c1cnc(-c2cncc(F)c2)s1. The first-order valence-corrected chi connectivity index (χ1v) is 8.60. The fraction of sp³-hybridized carbons (Fsp3) is 0.438. The second-order valence-electron chi connectivity index (χ2n) is 6.14. The third kappa shape index (κ3) is 2.98. The van der Waals surface area contributed by atoms with Crippen molar-refractivity contribution in [2.75, 3.05) is 19.6 Å². The van der Waals surface area contributed by atoms with Gasteiger partial charge in [-0.25, -0.2) is 9.37 Å². The van der Waals surface area contributed by atoms with Gasteiger partial charge in [-0.15, -0.1) is 11.3 Å². The molecule has 0 spiro atoms. The molecule has 2 aromatic rings. The van der Waals surface area contributed by atoms with Gasteiger partial charge in [0.1, 0.15) is 15.7 Å². The average molecular weight is 332 g/mol. The third-order valence-electron chi connectivity index (χ3n) is 4.65. The van der Waals surface area contributed by atoms with Crippen molar-refractivity contribution in [1.29, 1.82) is 0 Å². The molecule has 2 aromatic heterocycles. The molecule has 1 unspecified atom stereocenters. The number of carbonyl (C=O) groups is 1. The van der Waals surface area contributed by atoms with Gasteiger partial charge in [0, 0.05) is 24.3 Å². The lowest BCUT2D eigenvalue weighted by molar-refractivity contribution is 0.0622. The number of hydrogen-bond acceptors (Lipinski definition) is 5. The van der Waals surface area contributed by atoms with Gasteiger partial charge in [-0.1, -0.05) is 0 Å². The van der Waals surface area contributed by atoms with Crippen molar-refractivity contribution in [1.82, 2.24) is 20.2 Å². The van der Waals surface area contributed by atoms with Crippen molar-refractivity contribution in [3.63, 3.8) is 0 Å². The molecule has 0 aromatic carbocycles. The summed E-state index contributed by atoms with van der Waals surface area (Å²) >= 11 is 1.27. The fourth-order valence-corrected chi connectivity index (χ4v) is 4.21. The number of halogens is 1. The quantitative estimate of drug-likeness (QED) is 0.936. The first-order valence-electron chi connectivity index (χ1n) is 7.79. The molecule has 3 aliphatic heterocycles. The minimum atomic E-state index is -0.406. The second-order valence-corrected chi connectivity index (χ2v) is 7.17. The van der Waals surface area contributed by atoms with Gasteiger partial charge in [-0.2, -0.15) is 0 Å². The molecule has 7 heteroatoms. The van der Waals surface area contributed by atoms with Crippen LogP contribution in [-0.4, -0.2) is 46.5 Å². The van der Waals surface area contributed by atoms with Crippen LogP contribution in [0.5, 0.6) is 0 Å². The summed E-state index contributed by atoms with van der Waals surface area (Å²) in [6, 6.07) is 1.60. The molecular formula is C16H17FN4OS. The number of aromatic nitrogens is 2. The van der Waals surface area contributed by atoms with E-state index in [0.29, 0.717) is 21.4 Å². The Bertz CT molecular complexity index is 726. The number of amides is 1. The molecule has 120 valence electrons. The average Bonchev–Trinajstić information content (AvgIpc) is 3.06. The van der Waals surface area contributed by atoms with Crippen molar-refractivity contribution < 1.29 is 9.18 Å². The molecule has 0 aliphatic carbocycles. The number of thiazole rings is 1. The number of carbonyl (C=O) groups excluding carboxylic acids is 1. The van der Waals surface area contributed by atoms with Crippen LogP contribution < -0.4 is 5.32 Å². The van der Waals surface area contributed by atoms with Crippen molar-refractivity contribution >= 4 is 17.2 Å². The van der Waals surface area contributed by atoms with Crippen molar-refractivity contribution in [3.8, 4) is 10.6 Å². The van der Waals surface area contributed by atoms with Crippen LogP contribution in [0.4, 0.5) is 4.39 Å². The van der Waals surface area contributed by atoms with Crippen LogP contribution >= 0.6 is 11.3 Å². The molecule has 5 rings (SSSR count). The number of rotatable bonds is 3. The van der Waals surface area contributed by atoms with E-state index in [-0.39, 0.29) is 11.9 Å². The van der Waals surface area contributed by atoms with E-state index in [2.05, 4.69) is 20.2 Å². The lowest BCUT2D eigenvalue weighted by Crippen LogP contribution is -2.57. The smallest absolute Gasteiger partial charge is 0.263 e. The lowest BCUT2D eigenvalue weighted by Gasteiger charge is -2.44. The van der Waals surface area contributed by atoms with E-state index in [1.165, 1.54) is 17.4 Å². The minimum Gasteiger partial charge on any atom is -0.347 e. The van der Waals surface area contributed by atoms with E-state index < -0.39 is 5.82 Å². The first kappa shape index (κ1) is 14.7. The lowest BCUT2D eigenvalue weighted by atomic mass is 9.84. The van der Waals surface area contributed by atoms with Crippen molar-refractivity contribution in [2.24, 2.45) is 5.92 Å². The molecule has 5 heterocycles. The summed E-state index contributed by atoms with van der Waals surface area (Å²) in [6.07, 6.45) is 6.58. The van der Waals surface area contributed by atoms with Gasteiger partial charge in [-0.3, -0.25) is 9.78 Å². The fourth-order valence-electron chi connectivity index (χ4n) is 3.41. The molecule has 1 atom stereocenters. The molecule has 2 bridgehead atoms. The van der Waals surface area contributed by atoms with Crippen molar-refractivity contribution in [2.45, 2.75) is 18.9 Å². The van der Waals surface area contributed by atoms with Gasteiger partial charge >= 0.3 is 0 Å². The Morgan fingerprint density at radius 2 is 2.13 bits per heavy atom. The molecular weight excluding hydrogens is 315 g/mol. The highest BCUT2D eigenvalue weighted by molar-refractivity contribution is 7.16. The van der Waals surface area contributed by atoms with Crippen LogP contribution in [0.3, 0.4) is 0 Å². The zero-order valence-corrected chi connectivity index (χ0v) is 13.4. The molecule has 3 saturated heterocycles. The molecule has 23 heavy (non-hydrogen) atoms. The van der Waals surface area contributed by atoms with Crippen LogP contribution in [0.15, 0.2) is 24.7 Å². The highest BCUT2D eigenvalue weighted by atomic mass is 32.1. The van der Waals surface area contributed by atoms with Crippen molar-refractivity contribution in [3.05, 3.63) is 35.4 Å². The summed E-state index contributed by atoms with van der Waals surface area (Å²) in [6.45, 7) is 3.23. The molecule has 3 aliphatic rings. The monoisotopic (exact) mass is 332 g/mol. The maximum atomic E-state index is 13.2. The first-order chi connectivity index (χ1) is 11.2. The summed E-state index contributed by atoms with van der Waals surface area (Å²) in [5.74, 6) is 0.0941. The van der Waals surface area contributed by atoms with Crippen LogP contribution in [0.2, 0.25) is 0 Å². The summed E-state index contributed by atoms with van der Waals surface area (Å²) in [5, 5.41) is 3.75. The number of nitrogens with one attached hydrogen (secondary N) is 1. The Kier molecular flexibility index (Phi) is 3.82. The molecule has 0 saturated carbocycles. The number of fused-ring (bicyclic) bond motifs is 3. The number of pyridine rings is 1. The standard InChI is InChI=1S/C16H17FN4OS/c17-12-5-11(6-18-7-12)16-19-8-14(23-16)15(22)20-13-9-21-3-1-10(13)2-4-21/h5-8,10,13H,1-4,9H2,(H,20,22). The Labute approximate surface area is 137 Å². The molecule has 3 fully saturated rings. The maximum Gasteiger partial charge on any atom is 0.263 e. The number of piperidine rings is 3. The highest BCUT2D eigenvalue weighted by Gasteiger charge is 2.35. The highest BCUT2D eigenvalue weighted by Crippen LogP contribution is 2.29. The van der Waals surface area contributed by atoms with E-state index in [9.17, 15) is 9.18 Å². The Morgan fingerprint density at radius 3 is 2.83 bits per heavy atom. The van der Waals surface area contributed by atoms with E-state index in [0.717, 1.165) is 38.7 Å². The summed E-state index contributed by atoms with van der Waals surface area (Å²) in [5.41, 5.74) is 0.594. The van der Waals surface area contributed by atoms with Gasteiger partial charge in [0.15, 0.2) is 0 Å². The van der Waals surface area contributed by atoms with E-state index in [4.69, 9.17) is 0 Å². The zero-order chi connectivity index (χ0) is 15.8. The minimum absolute atomic E-state index is 0.0862. The predicted octanol–water partition coefficient (Wildman–Crippen LogP) is 2.17. The van der Waals surface area contributed by atoms with Gasteiger partial charge in [-0.05, 0) is 37.9 Å². The van der Waals surface area contributed by atoms with Crippen LogP contribution in [-0.2, 0) is 0 Å². The van der Waals surface area contributed by atoms with Gasteiger partial charge in [0.2, 0.25) is 0 Å². The normalized spacial score (nSPS) is 26.2. The largest absolute Gasteiger partial charge is 0.347 e. The van der Waals surface area contributed by atoms with E-state index >= 15 is 0 Å². The summed E-state index contributed by atoms with van der Waals surface area (Å²) in [7, 11) is 0. The van der Waals surface area contributed by atoms with Gasteiger partial charge < -0.3 is 10.2 Å². The van der Waals surface area contributed by atoms with Crippen LogP contribution in [0.1, 0.15) is 22.5 Å². The second kappa shape index (κ2) is 5.98. The Morgan fingerprint density at radius 1 is 1.30 bits per heavy atom. The summed E-state index contributed by atoms with van der Waals surface area (Å²) in [4.78, 5) is 23.5. The Balaban J connectivity index is 1.47. The molecule has 5 nitrogen and oxygen atoms in total. The number of hydrogen-bond donors (Lipinski definition) is 1. The predicted molar refractivity (Wildman–Crippen MR) is 85.7 cm³/mol. The van der Waals surface area contributed by atoms with Crippen LogP contribution in [0, 0.1) is 11.7 Å². The number of nitrogens with zero attached hydrogens (tertiary/aromatic N) is 3. The third-order valence-corrected chi connectivity index (χ3v) is 5.70.